The summed E-state index contributed by atoms with van der Waals surface area (Å²) in [7, 11) is 1.29. The number of nitrogens with one attached hydrogen (secondary N) is 2. The normalized spacial score (nSPS) is 10.6. The van der Waals surface area contributed by atoms with E-state index in [1.54, 1.807) is 41.0 Å². The molecule has 0 fully saturated rings. The lowest BCUT2D eigenvalue weighted by Crippen LogP contribution is -2.19. The Morgan fingerprint density at radius 1 is 1.11 bits per heavy atom. The third-order valence-corrected chi connectivity index (χ3v) is 3.91. The van der Waals surface area contributed by atoms with Crippen molar-refractivity contribution < 1.29 is 18.7 Å². The molecule has 0 saturated carbocycles. The predicted octanol–water partition coefficient (Wildman–Crippen LogP) is 3.44. The molecule has 140 valence electrons. The van der Waals surface area contributed by atoms with E-state index in [9.17, 15) is 14.4 Å². The summed E-state index contributed by atoms with van der Waals surface area (Å²) < 4.78 is 11.4. The first-order chi connectivity index (χ1) is 13.0. The van der Waals surface area contributed by atoms with Crippen molar-refractivity contribution in [1.82, 2.24) is 4.57 Å². The van der Waals surface area contributed by atoms with Crippen molar-refractivity contribution in [2.45, 2.75) is 19.9 Å². The first-order valence-corrected chi connectivity index (χ1v) is 8.41. The lowest BCUT2D eigenvalue weighted by molar-refractivity contribution is 0.0600. The van der Waals surface area contributed by atoms with Crippen molar-refractivity contribution in [2.75, 3.05) is 17.7 Å². The van der Waals surface area contributed by atoms with Crippen molar-refractivity contribution in [3.05, 3.63) is 58.6 Å². The van der Waals surface area contributed by atoms with Gasteiger partial charge in [0.2, 0.25) is 0 Å². The second kappa shape index (κ2) is 7.77. The molecule has 0 aliphatic heterocycles. The molecule has 0 spiro atoms. The molecule has 0 unspecified atom stereocenters. The number of hydrogen-bond acceptors (Lipinski definition) is 5. The van der Waals surface area contributed by atoms with Gasteiger partial charge in [-0.2, -0.15) is 0 Å². The van der Waals surface area contributed by atoms with Gasteiger partial charge in [-0.05, 0) is 36.8 Å². The Bertz CT molecular complexity index is 1050. The highest BCUT2D eigenvalue weighted by molar-refractivity contribution is 6.01. The Balaban J connectivity index is 1.74. The summed E-state index contributed by atoms with van der Waals surface area (Å²) in [5.41, 5.74) is 2.33. The lowest BCUT2D eigenvalue weighted by Gasteiger charge is -2.09. The van der Waals surface area contributed by atoms with E-state index in [4.69, 9.17) is 4.42 Å². The van der Waals surface area contributed by atoms with Crippen LogP contribution in [-0.4, -0.2) is 23.7 Å². The molecule has 8 heteroatoms. The SMILES string of the molecule is CCCn1c(=O)oc2cc(NC(=O)Nc3cccc(C(=O)OC)c3)ccc21. The molecule has 2 amide bonds. The van der Waals surface area contributed by atoms with Gasteiger partial charge in [0.25, 0.3) is 0 Å². The van der Waals surface area contributed by atoms with Crippen LogP contribution in [0.1, 0.15) is 23.7 Å². The standard InChI is InChI=1S/C19H19N3O5/c1-3-9-22-15-8-7-14(11-16(15)27-19(22)25)21-18(24)20-13-6-4-5-12(10-13)17(23)26-2/h4-8,10-11H,3,9H2,1-2H3,(H2,20,21,24). The van der Waals surface area contributed by atoms with Crippen LogP contribution in [0.25, 0.3) is 11.1 Å². The van der Waals surface area contributed by atoms with E-state index in [0.717, 1.165) is 6.42 Å². The zero-order valence-corrected chi connectivity index (χ0v) is 14.9. The Labute approximate surface area is 154 Å². The quantitative estimate of drug-likeness (QED) is 0.671. The number of carbonyl (C=O) groups is 2. The minimum absolute atomic E-state index is 0.329. The zero-order valence-electron chi connectivity index (χ0n) is 14.9. The van der Waals surface area contributed by atoms with E-state index in [2.05, 4.69) is 15.4 Å². The Hall–Kier alpha value is -3.55. The second-order valence-electron chi connectivity index (χ2n) is 5.85. The van der Waals surface area contributed by atoms with E-state index in [-0.39, 0.29) is 0 Å². The topological polar surface area (TPSA) is 103 Å². The van der Waals surface area contributed by atoms with Gasteiger partial charge in [-0.1, -0.05) is 13.0 Å². The number of esters is 1. The third kappa shape index (κ3) is 4.00. The van der Waals surface area contributed by atoms with Gasteiger partial charge in [-0.25, -0.2) is 14.4 Å². The minimum atomic E-state index is -0.494. The minimum Gasteiger partial charge on any atom is -0.465 e. The maximum atomic E-state index is 12.2. The number of ether oxygens (including phenoxy) is 1. The van der Waals surface area contributed by atoms with Crippen LogP contribution in [0.4, 0.5) is 16.2 Å². The van der Waals surface area contributed by atoms with E-state index >= 15 is 0 Å². The number of hydrogen-bond donors (Lipinski definition) is 2. The fraction of sp³-hybridized carbons (Fsp3) is 0.211. The number of carbonyl (C=O) groups excluding carboxylic acids is 2. The Kier molecular flexibility index (Phi) is 5.25. The fourth-order valence-electron chi connectivity index (χ4n) is 2.71. The smallest absolute Gasteiger partial charge is 0.419 e. The highest BCUT2D eigenvalue weighted by atomic mass is 16.5. The molecular weight excluding hydrogens is 350 g/mol. The Morgan fingerprint density at radius 3 is 2.56 bits per heavy atom. The van der Waals surface area contributed by atoms with Crippen LogP contribution in [0.5, 0.6) is 0 Å². The molecule has 2 N–H and O–H groups in total. The largest absolute Gasteiger partial charge is 0.465 e. The van der Waals surface area contributed by atoms with Crippen molar-refractivity contribution in [1.29, 1.82) is 0 Å². The molecule has 0 bridgehead atoms. The number of urea groups is 1. The van der Waals surface area contributed by atoms with Gasteiger partial charge < -0.3 is 19.8 Å². The number of amides is 2. The number of rotatable bonds is 5. The van der Waals surface area contributed by atoms with Crippen LogP contribution in [0.2, 0.25) is 0 Å². The van der Waals surface area contributed by atoms with Crippen LogP contribution in [-0.2, 0) is 11.3 Å². The first-order valence-electron chi connectivity index (χ1n) is 8.41. The van der Waals surface area contributed by atoms with Gasteiger partial charge in [0.1, 0.15) is 0 Å². The molecule has 0 saturated heterocycles. The number of anilines is 2. The molecule has 0 atom stereocenters. The van der Waals surface area contributed by atoms with E-state index in [1.165, 1.54) is 13.2 Å². The zero-order chi connectivity index (χ0) is 19.4. The molecule has 2 aromatic carbocycles. The van der Waals surface area contributed by atoms with Gasteiger partial charge in [0.15, 0.2) is 5.58 Å². The summed E-state index contributed by atoms with van der Waals surface area (Å²) in [6.45, 7) is 2.54. The van der Waals surface area contributed by atoms with Crippen molar-refractivity contribution in [3.8, 4) is 0 Å². The van der Waals surface area contributed by atoms with Crippen LogP contribution >= 0.6 is 0 Å². The van der Waals surface area contributed by atoms with Crippen LogP contribution in [0.15, 0.2) is 51.7 Å². The summed E-state index contributed by atoms with van der Waals surface area (Å²) in [4.78, 5) is 35.6. The Morgan fingerprint density at radius 2 is 1.85 bits per heavy atom. The third-order valence-electron chi connectivity index (χ3n) is 3.91. The number of aryl methyl sites for hydroxylation is 1. The lowest BCUT2D eigenvalue weighted by atomic mass is 10.2. The number of nitrogens with zero attached hydrogens (tertiary/aromatic N) is 1. The molecule has 3 rings (SSSR count). The maximum absolute atomic E-state index is 12.2. The average Bonchev–Trinajstić information content (AvgIpc) is 2.96. The maximum Gasteiger partial charge on any atom is 0.419 e. The monoisotopic (exact) mass is 369 g/mol. The van der Waals surface area contributed by atoms with Crippen LogP contribution in [0, 0.1) is 0 Å². The number of aromatic nitrogens is 1. The number of oxazole rings is 1. The summed E-state index contributed by atoms with van der Waals surface area (Å²) in [5.74, 6) is -0.913. The second-order valence-corrected chi connectivity index (χ2v) is 5.85. The van der Waals surface area contributed by atoms with E-state index < -0.39 is 17.8 Å². The molecular formula is C19H19N3O5. The van der Waals surface area contributed by atoms with Gasteiger partial charge in [0.05, 0.1) is 18.2 Å². The number of methoxy groups -OCH3 is 1. The molecule has 3 aromatic rings. The highest BCUT2D eigenvalue weighted by Crippen LogP contribution is 2.19. The van der Waals surface area contributed by atoms with Gasteiger partial charge >= 0.3 is 17.8 Å². The number of fused-ring (bicyclic) bond motifs is 1. The number of benzene rings is 2. The molecule has 27 heavy (non-hydrogen) atoms. The van der Waals surface area contributed by atoms with Gasteiger partial charge in [0, 0.05) is 24.0 Å². The first kappa shape index (κ1) is 18.2. The van der Waals surface area contributed by atoms with Crippen molar-refractivity contribution in [3.63, 3.8) is 0 Å². The summed E-state index contributed by atoms with van der Waals surface area (Å²) in [6.07, 6.45) is 0.807. The molecule has 0 radical (unpaired) electrons. The summed E-state index contributed by atoms with van der Waals surface area (Å²) in [6, 6.07) is 10.9. The molecule has 8 nitrogen and oxygen atoms in total. The summed E-state index contributed by atoms with van der Waals surface area (Å²) >= 11 is 0. The molecule has 0 aliphatic carbocycles. The highest BCUT2D eigenvalue weighted by Gasteiger charge is 2.11. The van der Waals surface area contributed by atoms with E-state index in [0.29, 0.717) is 34.6 Å². The average molecular weight is 369 g/mol. The van der Waals surface area contributed by atoms with Crippen molar-refractivity contribution in [2.24, 2.45) is 0 Å². The molecule has 0 aliphatic rings. The predicted molar refractivity (Wildman–Crippen MR) is 101 cm³/mol. The van der Waals surface area contributed by atoms with Crippen molar-refractivity contribution >= 4 is 34.5 Å². The molecule has 1 heterocycles. The van der Waals surface area contributed by atoms with Gasteiger partial charge in [-0.15, -0.1) is 0 Å². The van der Waals surface area contributed by atoms with Gasteiger partial charge in [-0.3, -0.25) is 4.57 Å². The molecule has 1 aromatic heterocycles. The van der Waals surface area contributed by atoms with Crippen LogP contribution < -0.4 is 16.4 Å². The fourth-order valence-corrected chi connectivity index (χ4v) is 2.71. The van der Waals surface area contributed by atoms with Crippen LogP contribution in [0.3, 0.4) is 0 Å². The summed E-state index contributed by atoms with van der Waals surface area (Å²) in [5, 5.41) is 5.31. The van der Waals surface area contributed by atoms with E-state index in [1.807, 2.05) is 6.92 Å².